The molecule has 0 aliphatic carbocycles. The number of piperidine rings is 1. The average Bonchev–Trinajstić information content (AvgIpc) is 2.93. The molecule has 6 nitrogen and oxygen atoms in total. The molecule has 0 unspecified atom stereocenters. The highest BCUT2D eigenvalue weighted by atomic mass is 32.2. The minimum Gasteiger partial charge on any atom is -0.384 e. The molecule has 1 aliphatic heterocycles. The second-order valence-corrected chi connectivity index (χ2v) is 7.61. The Hall–Kier alpha value is -1.86. The maximum absolute atomic E-state index is 11.7. The first-order valence-electron chi connectivity index (χ1n) is 7.15. The molecule has 3 rings (SSSR count). The van der Waals surface area contributed by atoms with Crippen LogP contribution in [0.4, 0.5) is 0 Å². The van der Waals surface area contributed by atoms with Crippen molar-refractivity contribution in [2.24, 2.45) is 0 Å². The van der Waals surface area contributed by atoms with Crippen LogP contribution in [0.25, 0.3) is 0 Å². The summed E-state index contributed by atoms with van der Waals surface area (Å²) in [6, 6.07) is 8.39. The Morgan fingerprint density at radius 3 is 2.55 bits per heavy atom. The van der Waals surface area contributed by atoms with Gasteiger partial charge in [-0.05, 0) is 37.1 Å². The van der Waals surface area contributed by atoms with Gasteiger partial charge in [-0.15, -0.1) is 0 Å². The minimum atomic E-state index is -3.18. The van der Waals surface area contributed by atoms with Gasteiger partial charge in [-0.2, -0.15) is 4.74 Å². The predicted molar refractivity (Wildman–Crippen MR) is 81.5 cm³/mol. The zero-order chi connectivity index (χ0) is 15.7. The third-order valence-corrected chi connectivity index (χ3v) is 5.15. The molecule has 2 aromatic rings. The number of hydrogen-bond acceptors (Lipinski definition) is 5. The van der Waals surface area contributed by atoms with Crippen LogP contribution in [0.3, 0.4) is 0 Å². The molecule has 0 spiro atoms. The maximum atomic E-state index is 11.7. The van der Waals surface area contributed by atoms with Gasteiger partial charge in [-0.25, -0.2) is 8.42 Å². The summed E-state index contributed by atoms with van der Waals surface area (Å²) in [5, 5.41) is 3.40. The second kappa shape index (κ2) is 5.73. The van der Waals surface area contributed by atoms with Gasteiger partial charge in [0.05, 0.1) is 10.9 Å². The van der Waals surface area contributed by atoms with Crippen LogP contribution >= 0.6 is 0 Å². The van der Waals surface area contributed by atoms with Gasteiger partial charge in [0.15, 0.2) is 9.84 Å². The van der Waals surface area contributed by atoms with Crippen molar-refractivity contribution in [3.63, 3.8) is 0 Å². The van der Waals surface area contributed by atoms with E-state index in [1.54, 1.807) is 12.1 Å². The summed E-state index contributed by atoms with van der Waals surface area (Å²) >= 11 is 0. The lowest BCUT2D eigenvalue weighted by atomic mass is 9.94. The molecule has 1 aromatic carbocycles. The van der Waals surface area contributed by atoms with Crippen LogP contribution in [0.1, 0.15) is 30.5 Å². The molecule has 0 radical (unpaired) electrons. The lowest BCUT2D eigenvalue weighted by Gasteiger charge is -2.30. The van der Waals surface area contributed by atoms with E-state index in [0.29, 0.717) is 4.90 Å². The first-order valence-corrected chi connectivity index (χ1v) is 9.04. The molecule has 118 valence electrons. The Kier molecular flexibility index (Phi) is 3.92. The number of nitrogens with one attached hydrogen (secondary N) is 1. The van der Waals surface area contributed by atoms with Crippen molar-refractivity contribution < 1.29 is 12.9 Å². The lowest BCUT2D eigenvalue weighted by molar-refractivity contribution is 0.161. The molecule has 7 heteroatoms. The van der Waals surface area contributed by atoms with E-state index in [9.17, 15) is 13.2 Å². The fourth-order valence-electron chi connectivity index (χ4n) is 2.86. The van der Waals surface area contributed by atoms with Gasteiger partial charge in [0.2, 0.25) is 0 Å². The van der Waals surface area contributed by atoms with Crippen molar-refractivity contribution in [1.29, 1.82) is 0 Å². The summed E-state index contributed by atoms with van der Waals surface area (Å²) in [7, 11) is -3.18. The van der Waals surface area contributed by atoms with Gasteiger partial charge in [0, 0.05) is 18.4 Å². The molecule has 1 fully saturated rings. The third kappa shape index (κ3) is 3.00. The number of sulfone groups is 1. The average molecular weight is 322 g/mol. The predicted octanol–water partition coefficient (Wildman–Crippen LogP) is 1.51. The molecule has 0 saturated carbocycles. The number of benzene rings is 1. The topological polar surface area (TPSA) is 81.3 Å². The molecular formula is C15H18N2O4S. The Balaban J connectivity index is 1.80. The fraction of sp³-hybridized carbons (Fsp3) is 0.400. The molecule has 0 amide bonds. The van der Waals surface area contributed by atoms with Crippen LogP contribution in [-0.4, -0.2) is 26.0 Å². The Labute approximate surface area is 128 Å². The van der Waals surface area contributed by atoms with Crippen molar-refractivity contribution in [2.75, 3.05) is 12.8 Å². The normalized spacial score (nSPS) is 22.6. The lowest BCUT2D eigenvalue weighted by Crippen LogP contribution is -2.35. The van der Waals surface area contributed by atoms with Crippen molar-refractivity contribution in [3.8, 4) is 0 Å². The van der Waals surface area contributed by atoms with E-state index in [1.165, 1.54) is 23.3 Å². The molecule has 1 N–H and O–H groups in total. The number of rotatable bonds is 3. The van der Waals surface area contributed by atoms with Crippen molar-refractivity contribution in [3.05, 3.63) is 52.5 Å². The monoisotopic (exact) mass is 322 g/mol. The summed E-state index contributed by atoms with van der Waals surface area (Å²) in [5.41, 5.74) is 0.884. The molecule has 1 aromatic heterocycles. The van der Waals surface area contributed by atoms with Crippen LogP contribution in [0, 0.1) is 0 Å². The van der Waals surface area contributed by atoms with E-state index in [1.807, 2.05) is 12.1 Å². The molecule has 2 heterocycles. The van der Waals surface area contributed by atoms with E-state index >= 15 is 0 Å². The van der Waals surface area contributed by atoms with Crippen LogP contribution < -0.4 is 10.9 Å². The Morgan fingerprint density at radius 2 is 1.95 bits per heavy atom. The highest BCUT2D eigenvalue weighted by molar-refractivity contribution is 7.90. The summed E-state index contributed by atoms with van der Waals surface area (Å²) in [4.78, 5) is 12.0. The Morgan fingerprint density at radius 1 is 1.23 bits per heavy atom. The van der Waals surface area contributed by atoms with E-state index < -0.39 is 9.84 Å². The smallest absolute Gasteiger partial charge is 0.282 e. The first-order chi connectivity index (χ1) is 10.4. The molecule has 2 atom stereocenters. The number of nitrogens with zero attached hydrogens (tertiary/aromatic N) is 1. The SMILES string of the molecule is CS(=O)(=O)c1ccc([C@H]2C[C@@H](n3occc3=O)CCN2)cc1. The van der Waals surface area contributed by atoms with Crippen LogP contribution in [0.5, 0.6) is 0 Å². The highest BCUT2D eigenvalue weighted by Gasteiger charge is 2.26. The summed E-state index contributed by atoms with van der Waals surface area (Å²) < 4.78 is 29.7. The largest absolute Gasteiger partial charge is 0.384 e. The summed E-state index contributed by atoms with van der Waals surface area (Å²) in [6.45, 7) is 0.774. The molecule has 1 saturated heterocycles. The van der Waals surface area contributed by atoms with E-state index in [2.05, 4.69) is 5.32 Å². The fourth-order valence-corrected chi connectivity index (χ4v) is 3.49. The first kappa shape index (κ1) is 15.1. The van der Waals surface area contributed by atoms with Crippen LogP contribution in [0.2, 0.25) is 0 Å². The summed E-state index contributed by atoms with van der Waals surface area (Å²) in [6.07, 6.45) is 4.15. The van der Waals surface area contributed by atoms with Crippen molar-refractivity contribution in [1.82, 2.24) is 10.1 Å². The molecular weight excluding hydrogens is 304 g/mol. The quantitative estimate of drug-likeness (QED) is 0.926. The van der Waals surface area contributed by atoms with Crippen molar-refractivity contribution >= 4 is 9.84 Å². The zero-order valence-electron chi connectivity index (χ0n) is 12.2. The van der Waals surface area contributed by atoms with E-state index in [4.69, 9.17) is 4.52 Å². The van der Waals surface area contributed by atoms with E-state index in [0.717, 1.165) is 24.9 Å². The van der Waals surface area contributed by atoms with E-state index in [-0.39, 0.29) is 17.6 Å². The molecule has 1 aliphatic rings. The van der Waals surface area contributed by atoms with Gasteiger partial charge in [-0.1, -0.05) is 12.1 Å². The number of hydrogen-bond donors (Lipinski definition) is 1. The molecule has 0 bridgehead atoms. The molecule has 22 heavy (non-hydrogen) atoms. The second-order valence-electron chi connectivity index (χ2n) is 5.60. The van der Waals surface area contributed by atoms with Crippen LogP contribution in [-0.2, 0) is 9.84 Å². The summed E-state index contributed by atoms with van der Waals surface area (Å²) in [5.74, 6) is 0. The standard InChI is InChI=1S/C15H18N2O4S/c1-22(19,20)13-4-2-11(3-5-13)14-10-12(6-8-16-14)17-15(18)7-9-21-17/h2-5,7,9,12,14,16H,6,8,10H2,1H3/t12-,14+/m0/s1. The van der Waals surface area contributed by atoms with Crippen molar-refractivity contribution in [2.45, 2.75) is 29.8 Å². The number of aromatic nitrogens is 1. The van der Waals surface area contributed by atoms with Gasteiger partial charge in [0.25, 0.3) is 5.56 Å². The van der Waals surface area contributed by atoms with Gasteiger partial charge < -0.3 is 9.84 Å². The Bertz CT molecular complexity index is 805. The zero-order valence-corrected chi connectivity index (χ0v) is 13.0. The maximum Gasteiger partial charge on any atom is 0.282 e. The van der Waals surface area contributed by atoms with Gasteiger partial charge in [-0.3, -0.25) is 4.79 Å². The highest BCUT2D eigenvalue weighted by Crippen LogP contribution is 2.30. The van der Waals surface area contributed by atoms with Crippen LogP contribution in [0.15, 0.2) is 50.8 Å². The van der Waals surface area contributed by atoms with Gasteiger partial charge >= 0.3 is 0 Å². The third-order valence-electron chi connectivity index (χ3n) is 4.02. The minimum absolute atomic E-state index is 0.0170. The van der Waals surface area contributed by atoms with Gasteiger partial charge in [0.1, 0.15) is 6.26 Å².